The summed E-state index contributed by atoms with van der Waals surface area (Å²) in [6.45, 7) is 1.83. The third-order valence-electron chi connectivity index (χ3n) is 5.03. The summed E-state index contributed by atoms with van der Waals surface area (Å²) in [5.41, 5.74) is 0.835. The van der Waals surface area contributed by atoms with Crippen LogP contribution in [0.3, 0.4) is 0 Å². The third kappa shape index (κ3) is 4.13. The molecule has 4 aromatic rings. The molecule has 1 amide bonds. The lowest BCUT2D eigenvalue weighted by Gasteiger charge is -2.13. The monoisotopic (exact) mass is 450 g/mol. The van der Waals surface area contributed by atoms with E-state index in [1.807, 2.05) is 12.1 Å². The van der Waals surface area contributed by atoms with Crippen molar-refractivity contribution in [3.63, 3.8) is 0 Å². The van der Waals surface area contributed by atoms with E-state index in [4.69, 9.17) is 16.3 Å². The summed E-state index contributed by atoms with van der Waals surface area (Å²) in [6.07, 6.45) is 0. The van der Waals surface area contributed by atoms with E-state index in [1.165, 1.54) is 10.6 Å². The number of amides is 1. The molecule has 2 aromatic heterocycles. The van der Waals surface area contributed by atoms with Crippen LogP contribution in [-0.2, 0) is 6.54 Å². The fourth-order valence-corrected chi connectivity index (χ4v) is 3.52. The molecule has 0 aliphatic carbocycles. The highest BCUT2D eigenvalue weighted by Crippen LogP contribution is 2.22. The Hall–Kier alpha value is -3.91. The Morgan fingerprint density at radius 2 is 1.88 bits per heavy atom. The molecule has 4 rings (SSSR count). The van der Waals surface area contributed by atoms with Crippen molar-refractivity contribution >= 4 is 34.2 Å². The molecule has 0 radical (unpaired) electrons. The van der Waals surface area contributed by atoms with Gasteiger partial charge < -0.3 is 10.1 Å². The molecule has 2 heterocycles. The van der Waals surface area contributed by atoms with Crippen molar-refractivity contribution in [2.75, 3.05) is 12.4 Å². The predicted molar refractivity (Wildman–Crippen MR) is 123 cm³/mol. The molecule has 2 aromatic carbocycles. The van der Waals surface area contributed by atoms with Crippen molar-refractivity contribution in [1.82, 2.24) is 14.5 Å². The van der Waals surface area contributed by atoms with E-state index in [0.717, 1.165) is 5.56 Å². The van der Waals surface area contributed by atoms with Gasteiger partial charge >= 0.3 is 5.69 Å². The van der Waals surface area contributed by atoms with E-state index in [9.17, 15) is 14.4 Å². The Balaban J connectivity index is 1.77. The quantitative estimate of drug-likeness (QED) is 0.485. The van der Waals surface area contributed by atoms with Crippen LogP contribution in [0.5, 0.6) is 5.75 Å². The molecule has 0 fully saturated rings. The Labute approximate surface area is 187 Å². The van der Waals surface area contributed by atoms with Crippen molar-refractivity contribution in [2.24, 2.45) is 0 Å². The number of carbonyl (C=O) groups excluding carboxylic acids is 1. The van der Waals surface area contributed by atoms with Gasteiger partial charge in [0.15, 0.2) is 0 Å². The lowest BCUT2D eigenvalue weighted by Crippen LogP contribution is -2.32. The van der Waals surface area contributed by atoms with Crippen LogP contribution >= 0.6 is 11.6 Å². The normalized spacial score (nSPS) is 10.8. The van der Waals surface area contributed by atoms with Gasteiger partial charge in [-0.15, -0.1) is 0 Å². The summed E-state index contributed by atoms with van der Waals surface area (Å²) >= 11 is 6.12. The number of para-hydroxylation sites is 1. The zero-order valence-corrected chi connectivity index (χ0v) is 18.1. The van der Waals surface area contributed by atoms with Crippen LogP contribution in [0, 0.1) is 6.92 Å². The Morgan fingerprint density at radius 1 is 1.16 bits per heavy atom. The molecule has 9 heteroatoms. The van der Waals surface area contributed by atoms with Crippen LogP contribution in [0.25, 0.3) is 11.0 Å². The highest BCUT2D eigenvalue weighted by molar-refractivity contribution is 6.33. The highest BCUT2D eigenvalue weighted by Gasteiger charge is 2.17. The number of anilines is 1. The first-order chi connectivity index (χ1) is 15.4. The number of H-pyrrole nitrogens is 1. The predicted octanol–water partition coefficient (Wildman–Crippen LogP) is 3.36. The molecule has 0 aliphatic rings. The summed E-state index contributed by atoms with van der Waals surface area (Å²) in [5.74, 6) is 0.230. The van der Waals surface area contributed by atoms with E-state index in [-0.39, 0.29) is 23.1 Å². The number of hydrogen-bond acceptors (Lipinski definition) is 5. The average molecular weight is 451 g/mol. The first kappa shape index (κ1) is 21.3. The van der Waals surface area contributed by atoms with Gasteiger partial charge in [-0.3, -0.25) is 19.1 Å². The summed E-state index contributed by atoms with van der Waals surface area (Å²) in [7, 11) is 1.57. The first-order valence-corrected chi connectivity index (χ1v) is 10.1. The third-order valence-corrected chi connectivity index (χ3v) is 5.35. The van der Waals surface area contributed by atoms with Gasteiger partial charge in [0.1, 0.15) is 11.4 Å². The van der Waals surface area contributed by atoms with Gasteiger partial charge in [-0.05, 0) is 42.8 Å². The standard InChI is InChI=1S/C23H19ClN4O4/c1-13-16(21(29)26-19-6-4-3-5-18(19)24)11-17-20(25-13)28(23(31)27-22(17)30)12-14-7-9-15(32-2)10-8-14/h3-11H,12H2,1-2H3,(H,26,29)(H,27,30,31). The number of hydrogen-bond donors (Lipinski definition) is 2. The van der Waals surface area contributed by atoms with Crippen LogP contribution in [-0.4, -0.2) is 27.6 Å². The lowest BCUT2D eigenvalue weighted by molar-refractivity contribution is 0.102. The molecule has 0 bridgehead atoms. The fraction of sp³-hybridized carbons (Fsp3) is 0.130. The van der Waals surface area contributed by atoms with E-state index in [2.05, 4.69) is 15.3 Å². The largest absolute Gasteiger partial charge is 0.497 e. The molecule has 0 aliphatic heterocycles. The summed E-state index contributed by atoms with van der Waals surface area (Å²) in [4.78, 5) is 44.6. The minimum Gasteiger partial charge on any atom is -0.497 e. The topological polar surface area (TPSA) is 106 Å². The van der Waals surface area contributed by atoms with E-state index >= 15 is 0 Å². The molecular formula is C23H19ClN4O4. The second-order valence-corrected chi connectivity index (χ2v) is 7.53. The summed E-state index contributed by atoms with van der Waals surface area (Å²) in [5, 5.41) is 3.24. The number of fused-ring (bicyclic) bond motifs is 1. The van der Waals surface area contributed by atoms with Gasteiger partial charge in [0.2, 0.25) is 0 Å². The van der Waals surface area contributed by atoms with Crippen molar-refractivity contribution in [1.29, 1.82) is 0 Å². The van der Waals surface area contributed by atoms with Gasteiger partial charge in [-0.1, -0.05) is 35.9 Å². The van der Waals surface area contributed by atoms with Gasteiger partial charge in [-0.2, -0.15) is 0 Å². The first-order valence-electron chi connectivity index (χ1n) is 9.70. The number of ether oxygens (including phenoxy) is 1. The lowest BCUT2D eigenvalue weighted by atomic mass is 10.1. The SMILES string of the molecule is COc1ccc(Cn2c(=O)[nH]c(=O)c3cc(C(=O)Nc4ccccc4Cl)c(C)nc32)cc1. The number of aromatic amines is 1. The van der Waals surface area contributed by atoms with Crippen molar-refractivity contribution in [3.8, 4) is 5.75 Å². The molecule has 32 heavy (non-hydrogen) atoms. The number of aromatic nitrogens is 3. The Morgan fingerprint density at radius 3 is 2.56 bits per heavy atom. The maximum atomic E-state index is 12.8. The van der Waals surface area contributed by atoms with Crippen LogP contribution in [0.1, 0.15) is 21.6 Å². The number of halogens is 1. The number of nitrogens with one attached hydrogen (secondary N) is 2. The number of carbonyl (C=O) groups is 1. The molecule has 2 N–H and O–H groups in total. The number of benzene rings is 2. The van der Waals surface area contributed by atoms with Crippen molar-refractivity contribution in [3.05, 3.63) is 97.3 Å². The smallest absolute Gasteiger partial charge is 0.330 e. The number of methoxy groups -OCH3 is 1. The molecule has 8 nitrogen and oxygen atoms in total. The minimum atomic E-state index is -0.615. The van der Waals surface area contributed by atoms with E-state index in [0.29, 0.717) is 22.2 Å². The number of aryl methyl sites for hydroxylation is 1. The van der Waals surface area contributed by atoms with Crippen LogP contribution in [0.2, 0.25) is 5.02 Å². The number of nitrogens with zero attached hydrogens (tertiary/aromatic N) is 2. The van der Waals surface area contributed by atoms with Crippen molar-refractivity contribution in [2.45, 2.75) is 13.5 Å². The van der Waals surface area contributed by atoms with Crippen LogP contribution in [0.4, 0.5) is 5.69 Å². The zero-order chi connectivity index (χ0) is 22.8. The zero-order valence-electron chi connectivity index (χ0n) is 17.3. The maximum absolute atomic E-state index is 12.8. The van der Waals surface area contributed by atoms with Gasteiger partial charge in [0, 0.05) is 0 Å². The average Bonchev–Trinajstić information content (AvgIpc) is 2.78. The fourth-order valence-electron chi connectivity index (χ4n) is 3.34. The molecule has 0 spiro atoms. The van der Waals surface area contributed by atoms with Crippen LogP contribution < -0.4 is 21.3 Å². The Bertz CT molecular complexity index is 1440. The van der Waals surface area contributed by atoms with Gasteiger partial charge in [0.05, 0.1) is 41.0 Å². The number of rotatable bonds is 5. The van der Waals surface area contributed by atoms with Crippen LogP contribution in [0.15, 0.2) is 64.2 Å². The van der Waals surface area contributed by atoms with Crippen molar-refractivity contribution < 1.29 is 9.53 Å². The highest BCUT2D eigenvalue weighted by atomic mass is 35.5. The molecule has 0 saturated heterocycles. The summed E-state index contributed by atoms with van der Waals surface area (Å²) < 4.78 is 6.52. The van der Waals surface area contributed by atoms with Gasteiger partial charge in [0.25, 0.3) is 11.5 Å². The number of pyridine rings is 1. The van der Waals surface area contributed by atoms with E-state index < -0.39 is 17.2 Å². The molecule has 0 saturated carbocycles. The maximum Gasteiger partial charge on any atom is 0.330 e. The molecule has 0 atom stereocenters. The molecular weight excluding hydrogens is 432 g/mol. The second-order valence-electron chi connectivity index (χ2n) is 7.12. The second kappa shape index (κ2) is 8.68. The summed E-state index contributed by atoms with van der Waals surface area (Å²) in [6, 6.07) is 15.5. The van der Waals surface area contributed by atoms with E-state index in [1.54, 1.807) is 50.4 Å². The Kier molecular flexibility index (Phi) is 5.79. The molecule has 0 unspecified atom stereocenters. The minimum absolute atomic E-state index is 0.132. The van der Waals surface area contributed by atoms with Gasteiger partial charge in [-0.25, -0.2) is 9.78 Å². The molecule has 162 valence electrons.